The van der Waals surface area contributed by atoms with Gasteiger partial charge < -0.3 is 10.8 Å². The Bertz CT molecular complexity index is 572. The van der Waals surface area contributed by atoms with E-state index < -0.39 is 16.0 Å². The predicted octanol–water partition coefficient (Wildman–Crippen LogP) is 0.997. The quantitative estimate of drug-likeness (QED) is 0.676. The van der Waals surface area contributed by atoms with Crippen LogP contribution < -0.4 is 10.5 Å². The van der Waals surface area contributed by atoms with Gasteiger partial charge in [-0.1, -0.05) is 6.92 Å². The molecule has 0 saturated carbocycles. The zero-order valence-corrected chi connectivity index (χ0v) is 12.2. The minimum atomic E-state index is -3.86. The number of rotatable bonds is 6. The molecule has 1 rings (SSSR count). The number of thioether (sulfide) groups is 1. The van der Waals surface area contributed by atoms with Crippen LogP contribution in [-0.2, 0) is 10.0 Å². The average Bonchev–Trinajstić information content (AvgIpc) is 2.35. The maximum absolute atomic E-state index is 12.1. The number of nitrogen functional groups attached to an aromatic ring is 1. The van der Waals surface area contributed by atoms with Crippen LogP contribution in [0.1, 0.15) is 17.3 Å². The van der Waals surface area contributed by atoms with E-state index in [9.17, 15) is 13.2 Å². The van der Waals surface area contributed by atoms with E-state index in [2.05, 4.69) is 4.72 Å². The van der Waals surface area contributed by atoms with E-state index in [-0.39, 0.29) is 27.9 Å². The van der Waals surface area contributed by atoms with Crippen molar-refractivity contribution < 1.29 is 18.3 Å². The Morgan fingerprint density at radius 2 is 2.16 bits per heavy atom. The first-order chi connectivity index (χ1) is 8.77. The zero-order chi connectivity index (χ0) is 14.6. The monoisotopic (exact) mass is 304 g/mol. The molecular weight excluding hydrogens is 288 g/mol. The van der Waals surface area contributed by atoms with Gasteiger partial charge >= 0.3 is 5.97 Å². The molecule has 0 fully saturated rings. The van der Waals surface area contributed by atoms with Gasteiger partial charge in [0, 0.05) is 17.5 Å². The maximum atomic E-state index is 12.1. The van der Waals surface area contributed by atoms with E-state index in [0.29, 0.717) is 0 Å². The Balaban J connectivity index is 3.11. The van der Waals surface area contributed by atoms with E-state index in [4.69, 9.17) is 10.8 Å². The molecule has 1 aromatic rings. The van der Waals surface area contributed by atoms with Crippen LogP contribution in [0.15, 0.2) is 23.1 Å². The lowest BCUT2D eigenvalue weighted by Crippen LogP contribution is -2.30. The first-order valence-electron chi connectivity index (χ1n) is 5.43. The first-order valence-corrected chi connectivity index (χ1v) is 8.20. The number of hydrogen-bond donors (Lipinski definition) is 3. The minimum Gasteiger partial charge on any atom is -0.478 e. The summed E-state index contributed by atoms with van der Waals surface area (Å²) in [5.41, 5.74) is 5.34. The van der Waals surface area contributed by atoms with Gasteiger partial charge in [-0.05, 0) is 24.5 Å². The molecule has 0 amide bonds. The van der Waals surface area contributed by atoms with Crippen molar-refractivity contribution in [2.45, 2.75) is 17.1 Å². The molecule has 0 aliphatic rings. The highest BCUT2D eigenvalue weighted by Gasteiger charge is 2.22. The zero-order valence-electron chi connectivity index (χ0n) is 10.6. The molecule has 8 heteroatoms. The molecule has 0 radical (unpaired) electrons. The SMILES string of the molecule is CSC(C)CNS(=O)(=O)c1ccc(N)cc1C(=O)O. The third-order valence-electron chi connectivity index (χ3n) is 2.49. The van der Waals surface area contributed by atoms with Crippen LogP contribution in [0.25, 0.3) is 0 Å². The number of benzene rings is 1. The maximum Gasteiger partial charge on any atom is 0.337 e. The van der Waals surface area contributed by atoms with Crippen molar-refractivity contribution in [1.82, 2.24) is 4.72 Å². The highest BCUT2D eigenvalue weighted by Crippen LogP contribution is 2.19. The Hall–Kier alpha value is -1.25. The van der Waals surface area contributed by atoms with Crippen LogP contribution in [-0.4, -0.2) is 37.5 Å². The predicted molar refractivity (Wildman–Crippen MR) is 76.0 cm³/mol. The molecule has 1 unspecified atom stereocenters. The van der Waals surface area contributed by atoms with Crippen molar-refractivity contribution in [3.63, 3.8) is 0 Å². The van der Waals surface area contributed by atoms with Crippen molar-refractivity contribution in [3.8, 4) is 0 Å². The van der Waals surface area contributed by atoms with Gasteiger partial charge in [0.25, 0.3) is 0 Å². The number of sulfonamides is 1. The molecule has 0 aromatic heterocycles. The summed E-state index contributed by atoms with van der Waals surface area (Å²) in [6.45, 7) is 2.10. The lowest BCUT2D eigenvalue weighted by atomic mass is 10.2. The highest BCUT2D eigenvalue weighted by molar-refractivity contribution is 7.99. The van der Waals surface area contributed by atoms with Gasteiger partial charge in [-0.2, -0.15) is 11.8 Å². The largest absolute Gasteiger partial charge is 0.478 e. The molecule has 0 saturated heterocycles. The second kappa shape index (κ2) is 6.27. The van der Waals surface area contributed by atoms with E-state index in [1.807, 2.05) is 13.2 Å². The molecule has 19 heavy (non-hydrogen) atoms. The molecule has 1 atom stereocenters. The van der Waals surface area contributed by atoms with E-state index in [1.165, 1.54) is 23.9 Å². The normalized spacial score (nSPS) is 13.2. The summed E-state index contributed by atoms with van der Waals surface area (Å²) in [7, 11) is -3.86. The molecule has 0 bridgehead atoms. The summed E-state index contributed by atoms with van der Waals surface area (Å²) in [5.74, 6) is -1.33. The summed E-state index contributed by atoms with van der Waals surface area (Å²) >= 11 is 1.51. The summed E-state index contributed by atoms with van der Waals surface area (Å²) < 4.78 is 26.5. The fraction of sp³-hybridized carbons (Fsp3) is 0.364. The fourth-order valence-corrected chi connectivity index (χ4v) is 3.00. The molecule has 6 nitrogen and oxygen atoms in total. The van der Waals surface area contributed by atoms with E-state index >= 15 is 0 Å². The third-order valence-corrected chi connectivity index (χ3v) is 4.94. The van der Waals surface area contributed by atoms with E-state index in [0.717, 1.165) is 6.07 Å². The molecule has 106 valence electrons. The number of anilines is 1. The molecule has 1 aromatic carbocycles. The number of nitrogens with one attached hydrogen (secondary N) is 1. The van der Waals surface area contributed by atoms with Crippen LogP contribution in [0.4, 0.5) is 5.69 Å². The lowest BCUT2D eigenvalue weighted by Gasteiger charge is -2.12. The molecular formula is C11H16N2O4S2. The summed E-state index contributed by atoms with van der Waals surface area (Å²) in [6.07, 6.45) is 1.87. The summed E-state index contributed by atoms with van der Waals surface area (Å²) in [5, 5.41) is 9.12. The Morgan fingerprint density at radius 1 is 1.53 bits per heavy atom. The number of nitrogens with two attached hydrogens (primary N) is 1. The van der Waals surface area contributed by atoms with Crippen LogP contribution in [0, 0.1) is 0 Å². The smallest absolute Gasteiger partial charge is 0.337 e. The Kier molecular flexibility index (Phi) is 5.21. The van der Waals surface area contributed by atoms with Crippen molar-refractivity contribution in [1.29, 1.82) is 0 Å². The molecule has 0 heterocycles. The van der Waals surface area contributed by atoms with Crippen molar-refractivity contribution in [2.75, 3.05) is 18.5 Å². The molecule has 4 N–H and O–H groups in total. The topological polar surface area (TPSA) is 109 Å². The standard InChI is InChI=1S/C11H16N2O4S2/c1-7(18-2)6-13-19(16,17)10-4-3-8(12)5-9(10)11(14)15/h3-5,7,13H,6,12H2,1-2H3,(H,14,15). The number of aromatic carboxylic acids is 1. The van der Waals surface area contributed by atoms with Gasteiger partial charge in [-0.3, -0.25) is 0 Å². The van der Waals surface area contributed by atoms with Crippen molar-refractivity contribution in [2.24, 2.45) is 0 Å². The van der Waals surface area contributed by atoms with Crippen molar-refractivity contribution >= 4 is 33.4 Å². The molecule has 0 spiro atoms. The fourth-order valence-electron chi connectivity index (χ4n) is 1.34. The first kappa shape index (κ1) is 15.8. The van der Waals surface area contributed by atoms with Gasteiger partial charge in [0.1, 0.15) is 0 Å². The third kappa shape index (κ3) is 4.12. The van der Waals surface area contributed by atoms with Crippen LogP contribution in [0.2, 0.25) is 0 Å². The number of carbonyl (C=O) groups is 1. The van der Waals surface area contributed by atoms with Gasteiger partial charge in [-0.25, -0.2) is 17.9 Å². The van der Waals surface area contributed by atoms with Gasteiger partial charge in [-0.15, -0.1) is 0 Å². The van der Waals surface area contributed by atoms with Gasteiger partial charge in [0.05, 0.1) is 10.5 Å². The van der Waals surface area contributed by atoms with Gasteiger partial charge in [0.15, 0.2) is 0 Å². The van der Waals surface area contributed by atoms with Gasteiger partial charge in [0.2, 0.25) is 10.0 Å². The van der Waals surface area contributed by atoms with Crippen LogP contribution >= 0.6 is 11.8 Å². The highest BCUT2D eigenvalue weighted by atomic mass is 32.2. The number of carboxylic acids is 1. The Morgan fingerprint density at radius 3 is 2.68 bits per heavy atom. The molecule has 0 aliphatic heterocycles. The summed E-state index contributed by atoms with van der Waals surface area (Å²) in [6, 6.07) is 3.69. The van der Waals surface area contributed by atoms with Crippen LogP contribution in [0.3, 0.4) is 0 Å². The summed E-state index contributed by atoms with van der Waals surface area (Å²) in [4.78, 5) is 10.8. The van der Waals surface area contributed by atoms with Crippen LogP contribution in [0.5, 0.6) is 0 Å². The number of carboxylic acid groups (broad SMARTS) is 1. The van der Waals surface area contributed by atoms with E-state index in [1.54, 1.807) is 0 Å². The average molecular weight is 304 g/mol. The minimum absolute atomic E-state index is 0.0943. The molecule has 0 aliphatic carbocycles. The Labute approximate surface area is 116 Å². The second-order valence-electron chi connectivity index (χ2n) is 3.96. The lowest BCUT2D eigenvalue weighted by molar-refractivity contribution is 0.0692. The number of hydrogen-bond acceptors (Lipinski definition) is 5. The van der Waals surface area contributed by atoms with Crippen molar-refractivity contribution in [3.05, 3.63) is 23.8 Å². The second-order valence-corrected chi connectivity index (χ2v) is 6.97.